The minimum Gasteiger partial charge on any atom is -0.497 e. The molecule has 0 saturated heterocycles. The first kappa shape index (κ1) is 19.9. The highest BCUT2D eigenvalue weighted by atomic mass is 16.5. The molecule has 0 fully saturated rings. The molecule has 0 amide bonds. The number of nitrogen functional groups attached to an aromatic ring is 1. The normalized spacial score (nSPS) is 10.3. The van der Waals surface area contributed by atoms with Crippen molar-refractivity contribution in [2.75, 3.05) is 25.3 Å². The molecular formula is C20H21N5O4. The van der Waals surface area contributed by atoms with Gasteiger partial charge in [-0.1, -0.05) is 17.7 Å². The molecule has 150 valence electrons. The maximum Gasteiger partial charge on any atom is 0.338 e. The molecular weight excluding hydrogens is 374 g/mol. The summed E-state index contributed by atoms with van der Waals surface area (Å²) >= 11 is 0. The van der Waals surface area contributed by atoms with Gasteiger partial charge in [-0.2, -0.15) is 15.0 Å². The number of carbonyl (C=O) groups excluding carboxylic acids is 1. The van der Waals surface area contributed by atoms with Crippen molar-refractivity contribution in [3.8, 4) is 11.5 Å². The third-order valence-electron chi connectivity index (χ3n) is 3.93. The van der Waals surface area contributed by atoms with Crippen LogP contribution in [0.15, 0.2) is 42.5 Å². The number of anilines is 3. The first-order valence-corrected chi connectivity index (χ1v) is 8.71. The van der Waals surface area contributed by atoms with Crippen molar-refractivity contribution in [3.63, 3.8) is 0 Å². The number of nitrogens with one attached hydrogen (secondary N) is 1. The highest BCUT2D eigenvalue weighted by Gasteiger charge is 2.13. The van der Waals surface area contributed by atoms with Gasteiger partial charge in [-0.3, -0.25) is 0 Å². The Morgan fingerprint density at radius 1 is 1.00 bits per heavy atom. The molecule has 0 atom stereocenters. The van der Waals surface area contributed by atoms with Crippen molar-refractivity contribution in [3.05, 3.63) is 59.4 Å². The van der Waals surface area contributed by atoms with Crippen molar-refractivity contribution in [2.45, 2.75) is 13.5 Å². The lowest BCUT2D eigenvalue weighted by molar-refractivity contribution is 0.0461. The van der Waals surface area contributed by atoms with Gasteiger partial charge in [0, 0.05) is 11.8 Å². The summed E-state index contributed by atoms with van der Waals surface area (Å²) < 4.78 is 15.6. The summed E-state index contributed by atoms with van der Waals surface area (Å²) in [4.78, 5) is 24.7. The van der Waals surface area contributed by atoms with E-state index in [1.807, 2.05) is 31.2 Å². The lowest BCUT2D eigenvalue weighted by atomic mass is 10.2. The van der Waals surface area contributed by atoms with Crippen molar-refractivity contribution in [1.82, 2.24) is 15.0 Å². The zero-order valence-electron chi connectivity index (χ0n) is 16.3. The van der Waals surface area contributed by atoms with Gasteiger partial charge < -0.3 is 25.3 Å². The number of hydrogen-bond acceptors (Lipinski definition) is 9. The van der Waals surface area contributed by atoms with Gasteiger partial charge in [0.2, 0.25) is 11.9 Å². The maximum absolute atomic E-state index is 12.4. The first-order valence-electron chi connectivity index (χ1n) is 8.71. The Hall–Kier alpha value is -3.88. The number of nitrogens with zero attached hydrogens (tertiary/aromatic N) is 3. The molecule has 0 bridgehead atoms. The fraction of sp³-hybridized carbons (Fsp3) is 0.200. The molecule has 1 aromatic heterocycles. The summed E-state index contributed by atoms with van der Waals surface area (Å²) in [6.07, 6.45) is 0. The fourth-order valence-corrected chi connectivity index (χ4v) is 2.46. The molecule has 29 heavy (non-hydrogen) atoms. The van der Waals surface area contributed by atoms with Crippen LogP contribution in [0.25, 0.3) is 0 Å². The Morgan fingerprint density at radius 2 is 1.66 bits per heavy atom. The van der Waals surface area contributed by atoms with Gasteiger partial charge in [-0.25, -0.2) is 4.79 Å². The first-order chi connectivity index (χ1) is 14.0. The van der Waals surface area contributed by atoms with E-state index < -0.39 is 5.97 Å². The van der Waals surface area contributed by atoms with E-state index in [1.165, 1.54) is 14.2 Å². The predicted molar refractivity (Wildman–Crippen MR) is 107 cm³/mol. The molecule has 9 nitrogen and oxygen atoms in total. The van der Waals surface area contributed by atoms with Crippen LogP contribution in [-0.2, 0) is 11.3 Å². The minimum absolute atomic E-state index is 0.0173. The van der Waals surface area contributed by atoms with Crippen LogP contribution in [0, 0.1) is 6.92 Å². The number of aryl methyl sites for hydroxylation is 1. The molecule has 0 unspecified atom stereocenters. The van der Waals surface area contributed by atoms with Gasteiger partial charge in [-0.05, 0) is 31.2 Å². The largest absolute Gasteiger partial charge is 0.497 e. The van der Waals surface area contributed by atoms with Crippen molar-refractivity contribution < 1.29 is 19.0 Å². The minimum atomic E-state index is -0.575. The molecule has 9 heteroatoms. The van der Waals surface area contributed by atoms with E-state index in [1.54, 1.807) is 18.2 Å². The van der Waals surface area contributed by atoms with Crippen LogP contribution in [0.4, 0.5) is 17.6 Å². The molecule has 0 aliphatic carbocycles. The number of esters is 1. The van der Waals surface area contributed by atoms with Gasteiger partial charge in [-0.15, -0.1) is 0 Å². The highest BCUT2D eigenvalue weighted by molar-refractivity contribution is 5.90. The number of ether oxygens (including phenoxy) is 3. The molecule has 0 spiro atoms. The average molecular weight is 395 g/mol. The lowest BCUT2D eigenvalue weighted by Gasteiger charge is -2.10. The van der Waals surface area contributed by atoms with Crippen LogP contribution in [0.5, 0.6) is 11.5 Å². The van der Waals surface area contributed by atoms with E-state index in [0.29, 0.717) is 11.5 Å². The molecule has 0 aliphatic rings. The van der Waals surface area contributed by atoms with E-state index in [-0.39, 0.29) is 29.9 Å². The van der Waals surface area contributed by atoms with Crippen molar-refractivity contribution in [1.29, 1.82) is 0 Å². The molecule has 0 aliphatic heterocycles. The Labute approximate surface area is 167 Å². The third kappa shape index (κ3) is 5.32. The second-order valence-corrected chi connectivity index (χ2v) is 6.10. The zero-order chi connectivity index (χ0) is 20.8. The molecule has 2 aromatic carbocycles. The summed E-state index contributed by atoms with van der Waals surface area (Å²) in [6, 6.07) is 12.5. The molecule has 3 N–H and O–H groups in total. The number of aromatic nitrogens is 3. The smallest absolute Gasteiger partial charge is 0.338 e. The maximum atomic E-state index is 12.4. The molecule has 0 saturated carbocycles. The summed E-state index contributed by atoms with van der Waals surface area (Å²) in [7, 11) is 3.00. The summed E-state index contributed by atoms with van der Waals surface area (Å²) in [6.45, 7) is 1.82. The van der Waals surface area contributed by atoms with Gasteiger partial charge in [0.15, 0.2) is 12.4 Å². The van der Waals surface area contributed by atoms with Crippen LogP contribution >= 0.6 is 0 Å². The van der Waals surface area contributed by atoms with Crippen LogP contribution in [0.2, 0.25) is 0 Å². The number of carbonyl (C=O) groups is 1. The summed E-state index contributed by atoms with van der Waals surface area (Å²) in [5.74, 6) is 0.874. The van der Waals surface area contributed by atoms with Crippen LogP contribution in [-0.4, -0.2) is 35.1 Å². The van der Waals surface area contributed by atoms with E-state index in [9.17, 15) is 4.79 Å². The summed E-state index contributed by atoms with van der Waals surface area (Å²) in [5.41, 5.74) is 7.96. The second-order valence-electron chi connectivity index (χ2n) is 6.10. The van der Waals surface area contributed by atoms with Gasteiger partial charge >= 0.3 is 5.97 Å². The van der Waals surface area contributed by atoms with Crippen molar-refractivity contribution >= 4 is 23.6 Å². The highest BCUT2D eigenvalue weighted by Crippen LogP contribution is 2.23. The van der Waals surface area contributed by atoms with Crippen LogP contribution in [0.3, 0.4) is 0 Å². The van der Waals surface area contributed by atoms with E-state index >= 15 is 0 Å². The lowest BCUT2D eigenvalue weighted by Crippen LogP contribution is -2.11. The van der Waals surface area contributed by atoms with Gasteiger partial charge in [0.05, 0.1) is 19.8 Å². The fourth-order valence-electron chi connectivity index (χ4n) is 2.46. The molecule has 3 aromatic rings. The monoisotopic (exact) mass is 395 g/mol. The molecule has 0 radical (unpaired) electrons. The Balaban J connectivity index is 1.71. The zero-order valence-corrected chi connectivity index (χ0v) is 16.3. The average Bonchev–Trinajstić information content (AvgIpc) is 2.72. The quantitative estimate of drug-likeness (QED) is 0.581. The van der Waals surface area contributed by atoms with Gasteiger partial charge in [0.1, 0.15) is 11.5 Å². The SMILES string of the molecule is COc1cc(OC)cc(C(=O)OCc2nc(N)nc(Nc3ccc(C)cc3)n2)c1. The summed E-state index contributed by atoms with van der Waals surface area (Å²) in [5, 5.41) is 3.05. The Bertz CT molecular complexity index is 986. The van der Waals surface area contributed by atoms with Crippen molar-refractivity contribution in [2.24, 2.45) is 0 Å². The number of benzene rings is 2. The van der Waals surface area contributed by atoms with Crippen LogP contribution in [0.1, 0.15) is 21.7 Å². The predicted octanol–water partition coefficient (Wildman–Crippen LogP) is 2.88. The second kappa shape index (κ2) is 8.87. The number of nitrogens with two attached hydrogens (primary N) is 1. The number of methoxy groups -OCH3 is 2. The topological polar surface area (TPSA) is 121 Å². The standard InChI is InChI=1S/C20H21N5O4/c1-12-4-6-14(7-5-12)22-20-24-17(23-19(21)25-20)11-29-18(26)13-8-15(27-2)10-16(9-13)28-3/h4-10H,11H2,1-3H3,(H3,21,22,23,24,25). The van der Waals surface area contributed by atoms with E-state index in [0.717, 1.165) is 11.3 Å². The molecule has 1 heterocycles. The van der Waals surface area contributed by atoms with Crippen LogP contribution < -0.4 is 20.5 Å². The molecule has 3 rings (SSSR count). The number of rotatable bonds is 7. The van der Waals surface area contributed by atoms with E-state index in [4.69, 9.17) is 19.9 Å². The van der Waals surface area contributed by atoms with E-state index in [2.05, 4.69) is 20.3 Å². The Kier molecular flexibility index (Phi) is 6.08. The third-order valence-corrected chi connectivity index (χ3v) is 3.93. The van der Waals surface area contributed by atoms with Gasteiger partial charge in [0.25, 0.3) is 0 Å². The number of hydrogen-bond donors (Lipinski definition) is 2. The Morgan fingerprint density at radius 3 is 2.28 bits per heavy atom.